The summed E-state index contributed by atoms with van der Waals surface area (Å²) in [7, 11) is -4.41. The van der Waals surface area contributed by atoms with Crippen LogP contribution in [0.3, 0.4) is 0 Å². The van der Waals surface area contributed by atoms with Crippen LogP contribution in [0.2, 0.25) is 0 Å². The van der Waals surface area contributed by atoms with Crippen molar-refractivity contribution in [1.29, 1.82) is 0 Å². The third kappa shape index (κ3) is 5.15. The lowest BCUT2D eigenvalue weighted by Crippen LogP contribution is -2.33. The van der Waals surface area contributed by atoms with Crippen LogP contribution in [0.1, 0.15) is 10.4 Å². The first-order valence-electron chi connectivity index (χ1n) is 6.91. The van der Waals surface area contributed by atoms with Gasteiger partial charge in [-0.15, -0.1) is 0 Å². The summed E-state index contributed by atoms with van der Waals surface area (Å²) in [6.45, 7) is -1.59. The summed E-state index contributed by atoms with van der Waals surface area (Å²) in [4.78, 5) is 11.2. The molecule has 0 saturated carbocycles. The first kappa shape index (κ1) is 19.6. The van der Waals surface area contributed by atoms with Gasteiger partial charge in [-0.2, -0.15) is 13.2 Å². The zero-order valence-electron chi connectivity index (χ0n) is 12.8. The van der Waals surface area contributed by atoms with Crippen LogP contribution in [0, 0.1) is 11.6 Å². The number of nitrogens with one attached hydrogen (secondary N) is 2. The smallest absolute Gasteiger partial charge is 0.343 e. The molecule has 0 spiro atoms. The summed E-state index contributed by atoms with van der Waals surface area (Å²) < 4.78 is 89.4. The van der Waals surface area contributed by atoms with Gasteiger partial charge in [-0.05, 0) is 30.3 Å². The van der Waals surface area contributed by atoms with E-state index in [1.165, 1.54) is 0 Å². The molecule has 140 valence electrons. The molecule has 0 bridgehead atoms. The summed E-state index contributed by atoms with van der Waals surface area (Å²) in [6.07, 6.45) is -4.63. The highest BCUT2D eigenvalue weighted by Crippen LogP contribution is 2.21. The molecule has 2 aromatic rings. The maximum Gasteiger partial charge on any atom is 0.405 e. The number of sulfonamides is 1. The molecule has 0 aliphatic rings. The van der Waals surface area contributed by atoms with E-state index < -0.39 is 50.9 Å². The molecule has 5 nitrogen and oxygen atoms in total. The fraction of sp³-hybridized carbons (Fsp3) is 0.133. The van der Waals surface area contributed by atoms with E-state index in [0.717, 1.165) is 30.3 Å². The van der Waals surface area contributed by atoms with Crippen molar-refractivity contribution in [2.45, 2.75) is 11.1 Å². The van der Waals surface area contributed by atoms with Crippen LogP contribution < -0.4 is 10.0 Å². The fourth-order valence-electron chi connectivity index (χ4n) is 1.87. The predicted molar refractivity (Wildman–Crippen MR) is 82.0 cm³/mol. The van der Waals surface area contributed by atoms with Crippen molar-refractivity contribution in [3.8, 4) is 0 Å². The standard InChI is InChI=1S/C15H11F5N2O3S/c16-10-4-5-12(17)13(7-10)22-26(24,25)11-3-1-2-9(6-11)14(23)21-8-15(18,19)20/h1-7,22H,8H2,(H,21,23). The second-order valence-corrected chi connectivity index (χ2v) is 6.74. The molecule has 11 heteroatoms. The third-order valence-electron chi connectivity index (χ3n) is 3.03. The Labute approximate surface area is 144 Å². The van der Waals surface area contributed by atoms with Gasteiger partial charge in [0.05, 0.1) is 10.6 Å². The molecule has 0 fully saturated rings. The maximum atomic E-state index is 13.6. The van der Waals surface area contributed by atoms with E-state index in [9.17, 15) is 35.2 Å². The lowest BCUT2D eigenvalue weighted by atomic mass is 10.2. The van der Waals surface area contributed by atoms with Crippen molar-refractivity contribution >= 4 is 21.6 Å². The zero-order valence-corrected chi connectivity index (χ0v) is 13.6. The number of amides is 1. The molecule has 2 aromatic carbocycles. The number of halogens is 5. The Kier molecular flexibility index (Phi) is 5.50. The molecule has 0 aliphatic heterocycles. The van der Waals surface area contributed by atoms with Crippen LogP contribution in [0.15, 0.2) is 47.4 Å². The first-order valence-corrected chi connectivity index (χ1v) is 8.39. The van der Waals surface area contributed by atoms with Crippen LogP contribution in [0.25, 0.3) is 0 Å². The number of anilines is 1. The van der Waals surface area contributed by atoms with Crippen LogP contribution in [0.5, 0.6) is 0 Å². The topological polar surface area (TPSA) is 75.3 Å². The van der Waals surface area contributed by atoms with Crippen molar-refractivity contribution < 1.29 is 35.2 Å². The Bertz CT molecular complexity index is 929. The number of rotatable bonds is 5. The summed E-state index contributed by atoms with van der Waals surface area (Å²) in [5.74, 6) is -3.06. The van der Waals surface area contributed by atoms with Crippen molar-refractivity contribution in [1.82, 2.24) is 5.32 Å². The van der Waals surface area contributed by atoms with E-state index in [2.05, 4.69) is 0 Å². The lowest BCUT2D eigenvalue weighted by Gasteiger charge is -2.11. The maximum absolute atomic E-state index is 13.6. The molecule has 26 heavy (non-hydrogen) atoms. The van der Waals surface area contributed by atoms with Gasteiger partial charge in [-0.25, -0.2) is 17.2 Å². The predicted octanol–water partition coefficient (Wildman–Crippen LogP) is 3.06. The summed E-state index contributed by atoms with van der Waals surface area (Å²) >= 11 is 0. The highest BCUT2D eigenvalue weighted by Gasteiger charge is 2.28. The van der Waals surface area contributed by atoms with Gasteiger partial charge < -0.3 is 5.32 Å². The van der Waals surface area contributed by atoms with E-state index >= 15 is 0 Å². The summed E-state index contributed by atoms with van der Waals surface area (Å²) in [5, 5.41) is 1.60. The third-order valence-corrected chi connectivity index (χ3v) is 4.39. The second kappa shape index (κ2) is 7.28. The molecule has 0 atom stereocenters. The quantitative estimate of drug-likeness (QED) is 0.766. The van der Waals surface area contributed by atoms with Gasteiger partial charge >= 0.3 is 6.18 Å². The molecule has 0 heterocycles. The number of carbonyl (C=O) groups is 1. The van der Waals surface area contributed by atoms with Gasteiger partial charge in [-0.3, -0.25) is 9.52 Å². The summed E-state index contributed by atoms with van der Waals surface area (Å²) in [5.41, 5.74) is -1.01. The minimum atomic E-state index is -4.63. The Hall–Kier alpha value is -2.69. The van der Waals surface area contributed by atoms with E-state index in [1.54, 1.807) is 5.32 Å². The van der Waals surface area contributed by atoms with Crippen LogP contribution in [-0.4, -0.2) is 27.0 Å². The molecular weight excluding hydrogens is 383 g/mol. The number of alkyl halides is 3. The van der Waals surface area contributed by atoms with Crippen LogP contribution in [-0.2, 0) is 10.0 Å². The largest absolute Gasteiger partial charge is 0.405 e. The van der Waals surface area contributed by atoms with Crippen molar-refractivity contribution in [3.05, 3.63) is 59.7 Å². The van der Waals surface area contributed by atoms with E-state index in [0.29, 0.717) is 12.1 Å². The molecule has 0 saturated heterocycles. The molecule has 0 aromatic heterocycles. The van der Waals surface area contributed by atoms with E-state index in [-0.39, 0.29) is 5.56 Å². The SMILES string of the molecule is O=C(NCC(F)(F)F)c1cccc(S(=O)(=O)Nc2cc(F)ccc2F)c1. The van der Waals surface area contributed by atoms with Crippen molar-refractivity contribution in [2.75, 3.05) is 11.3 Å². The van der Waals surface area contributed by atoms with Gasteiger partial charge in [0, 0.05) is 11.6 Å². The highest BCUT2D eigenvalue weighted by molar-refractivity contribution is 7.92. The van der Waals surface area contributed by atoms with Gasteiger partial charge in [-0.1, -0.05) is 6.07 Å². The van der Waals surface area contributed by atoms with Gasteiger partial charge in [0.15, 0.2) is 0 Å². The minimum Gasteiger partial charge on any atom is -0.343 e. The van der Waals surface area contributed by atoms with Crippen LogP contribution >= 0.6 is 0 Å². The summed E-state index contributed by atoms with van der Waals surface area (Å²) in [6, 6.07) is 6.21. The molecule has 0 aliphatic carbocycles. The van der Waals surface area contributed by atoms with Crippen molar-refractivity contribution in [3.63, 3.8) is 0 Å². The van der Waals surface area contributed by atoms with Crippen molar-refractivity contribution in [2.24, 2.45) is 0 Å². The Morgan fingerprint density at radius 1 is 1.04 bits per heavy atom. The van der Waals surface area contributed by atoms with Gasteiger partial charge in [0.2, 0.25) is 0 Å². The molecule has 2 rings (SSSR count). The Morgan fingerprint density at radius 3 is 2.38 bits per heavy atom. The molecular formula is C15H11F5N2O3S. The molecule has 2 N–H and O–H groups in total. The molecule has 0 radical (unpaired) electrons. The average molecular weight is 394 g/mol. The van der Waals surface area contributed by atoms with E-state index in [4.69, 9.17) is 0 Å². The monoisotopic (exact) mass is 394 g/mol. The normalized spacial score (nSPS) is 11.9. The molecule has 0 unspecified atom stereocenters. The second-order valence-electron chi connectivity index (χ2n) is 5.06. The van der Waals surface area contributed by atoms with Gasteiger partial charge in [0.1, 0.15) is 18.2 Å². The highest BCUT2D eigenvalue weighted by atomic mass is 32.2. The average Bonchev–Trinajstić information content (AvgIpc) is 2.55. The number of hydrogen-bond donors (Lipinski definition) is 2. The lowest BCUT2D eigenvalue weighted by molar-refractivity contribution is -0.123. The first-order chi connectivity index (χ1) is 12.0. The number of hydrogen-bond acceptors (Lipinski definition) is 3. The fourth-order valence-corrected chi connectivity index (χ4v) is 2.97. The van der Waals surface area contributed by atoms with Gasteiger partial charge in [0.25, 0.3) is 15.9 Å². The Morgan fingerprint density at radius 2 is 1.73 bits per heavy atom. The minimum absolute atomic E-state index is 0.350. The number of benzene rings is 2. The van der Waals surface area contributed by atoms with E-state index in [1.807, 2.05) is 4.72 Å². The molecule has 1 amide bonds. The number of carbonyl (C=O) groups excluding carboxylic acids is 1. The Balaban J connectivity index is 2.25. The van der Waals surface area contributed by atoms with Crippen LogP contribution in [0.4, 0.5) is 27.6 Å². The zero-order chi connectivity index (χ0) is 19.5.